The Morgan fingerprint density at radius 2 is 1.65 bits per heavy atom. The first kappa shape index (κ1) is 13.8. The van der Waals surface area contributed by atoms with Crippen molar-refractivity contribution in [3.8, 4) is 0 Å². The van der Waals surface area contributed by atoms with Crippen molar-refractivity contribution in [1.29, 1.82) is 0 Å². The summed E-state index contributed by atoms with van der Waals surface area (Å²) in [5.41, 5.74) is -0.0600. The number of amides is 1. The summed E-state index contributed by atoms with van der Waals surface area (Å²) < 4.78 is 0. The Hall–Kier alpha value is -1.26. The van der Waals surface area contributed by atoms with Gasteiger partial charge < -0.3 is 5.11 Å². The largest absolute Gasteiger partial charge is 0.481 e. The number of carboxylic acid groups (broad SMARTS) is 1. The quantitative estimate of drug-likeness (QED) is 0.752. The first-order valence-corrected chi connectivity index (χ1v) is 5.85. The van der Waals surface area contributed by atoms with Gasteiger partial charge in [0.1, 0.15) is 0 Å². The van der Waals surface area contributed by atoms with Gasteiger partial charge in [-0.2, -0.15) is 0 Å². The monoisotopic (exact) mass is 241 g/mol. The van der Waals surface area contributed by atoms with E-state index in [2.05, 4.69) is 5.18 Å². The van der Waals surface area contributed by atoms with Crippen LogP contribution in [-0.4, -0.2) is 17.0 Å². The minimum atomic E-state index is -0.886. The third-order valence-corrected chi connectivity index (χ3v) is 3.72. The topological polar surface area (TPSA) is 83.8 Å². The molecule has 5 heteroatoms. The van der Waals surface area contributed by atoms with Gasteiger partial charge in [0, 0.05) is 11.1 Å². The lowest BCUT2D eigenvalue weighted by atomic mass is 9.65. The second-order valence-electron chi connectivity index (χ2n) is 5.93. The fourth-order valence-corrected chi connectivity index (χ4v) is 2.50. The number of nitroso groups, excluding NO2 is 1. The van der Waals surface area contributed by atoms with E-state index in [0.29, 0.717) is 12.8 Å². The summed E-state index contributed by atoms with van der Waals surface area (Å²) in [6.45, 7) is 6.08. The van der Waals surface area contributed by atoms with Crippen molar-refractivity contribution >= 4 is 11.9 Å². The zero-order valence-corrected chi connectivity index (χ0v) is 10.5. The van der Waals surface area contributed by atoms with Gasteiger partial charge in [-0.05, 0) is 30.6 Å². The van der Waals surface area contributed by atoms with Crippen LogP contribution < -0.4 is 0 Å². The van der Waals surface area contributed by atoms with Crippen molar-refractivity contribution in [2.75, 3.05) is 0 Å². The molecular formula is C12H19NO4. The Morgan fingerprint density at radius 3 is 2.06 bits per heavy atom. The van der Waals surface area contributed by atoms with Crippen molar-refractivity contribution in [3.05, 3.63) is 4.91 Å². The molecule has 3 unspecified atom stereocenters. The molecule has 1 N–H and O–H groups in total. The summed E-state index contributed by atoms with van der Waals surface area (Å²) in [6, 6.07) is 0. The van der Waals surface area contributed by atoms with Crippen LogP contribution in [0.25, 0.3) is 0 Å². The summed E-state index contributed by atoms with van der Waals surface area (Å²) in [4.78, 5) is 32.7. The molecule has 1 aliphatic rings. The molecule has 0 aromatic heterocycles. The number of aliphatic carboxylic acids is 1. The second kappa shape index (κ2) is 4.94. The van der Waals surface area contributed by atoms with E-state index in [9.17, 15) is 14.5 Å². The van der Waals surface area contributed by atoms with Gasteiger partial charge in [0.2, 0.25) is 0 Å². The van der Waals surface area contributed by atoms with Gasteiger partial charge in [0.15, 0.2) is 0 Å². The molecule has 1 rings (SSSR count). The van der Waals surface area contributed by atoms with E-state index in [1.165, 1.54) is 0 Å². The molecule has 96 valence electrons. The average molecular weight is 241 g/mol. The average Bonchev–Trinajstić information content (AvgIpc) is 2.26. The van der Waals surface area contributed by atoms with Gasteiger partial charge >= 0.3 is 5.97 Å². The molecule has 0 aromatic rings. The predicted octanol–water partition coefficient (Wildman–Crippen LogP) is 2.44. The third kappa shape index (κ3) is 3.35. The smallest absolute Gasteiger partial charge is 0.306 e. The molecule has 1 aliphatic carbocycles. The second-order valence-corrected chi connectivity index (χ2v) is 5.93. The number of hydrogen-bond acceptors (Lipinski definition) is 3. The van der Waals surface area contributed by atoms with Crippen molar-refractivity contribution < 1.29 is 14.7 Å². The molecule has 5 nitrogen and oxygen atoms in total. The molecule has 1 amide bonds. The zero-order valence-electron chi connectivity index (χ0n) is 10.5. The van der Waals surface area contributed by atoms with E-state index in [-0.39, 0.29) is 17.8 Å². The number of carbonyl (C=O) groups is 2. The molecule has 0 aromatic carbocycles. The van der Waals surface area contributed by atoms with Crippen molar-refractivity contribution in [1.82, 2.24) is 0 Å². The highest BCUT2D eigenvalue weighted by molar-refractivity contribution is 5.80. The molecule has 1 fully saturated rings. The fourth-order valence-electron chi connectivity index (χ4n) is 2.50. The summed E-state index contributed by atoms with van der Waals surface area (Å²) in [5.74, 6) is -2.52. The van der Waals surface area contributed by atoms with E-state index < -0.39 is 23.7 Å². The number of carboxylic acids is 1. The minimum absolute atomic E-state index is 0.0600. The molecule has 0 heterocycles. The molecule has 17 heavy (non-hydrogen) atoms. The zero-order chi connectivity index (χ0) is 13.2. The van der Waals surface area contributed by atoms with Crippen LogP contribution in [0.15, 0.2) is 5.18 Å². The van der Waals surface area contributed by atoms with Gasteiger partial charge in [-0.3, -0.25) is 9.59 Å². The highest BCUT2D eigenvalue weighted by Gasteiger charge is 2.40. The van der Waals surface area contributed by atoms with Gasteiger partial charge in [0.25, 0.3) is 5.91 Å². The molecule has 0 radical (unpaired) electrons. The number of rotatable bonds is 2. The van der Waals surface area contributed by atoms with Crippen LogP contribution in [0.2, 0.25) is 0 Å². The van der Waals surface area contributed by atoms with E-state index in [0.717, 1.165) is 0 Å². The number of carbonyl (C=O) groups excluding carboxylic acids is 1. The van der Waals surface area contributed by atoms with Crippen LogP contribution in [-0.2, 0) is 9.59 Å². The summed E-state index contributed by atoms with van der Waals surface area (Å²) in [7, 11) is 0. The molecular weight excluding hydrogens is 222 g/mol. The standard InChI is InChI=1S/C12H19NO4/c1-12(2,3)9-5-7(10(14)13-17)4-8(6-9)11(15)16/h7-9H,4-6H2,1-3H3,(H,15,16). The van der Waals surface area contributed by atoms with E-state index in [1.807, 2.05) is 20.8 Å². The highest BCUT2D eigenvalue weighted by atomic mass is 16.4. The SMILES string of the molecule is CC(C)(C)C1CC(C(=O)O)CC(C(=O)N=O)C1. The minimum Gasteiger partial charge on any atom is -0.481 e. The molecule has 0 spiro atoms. The Bertz CT molecular complexity index is 332. The normalized spacial score (nSPS) is 29.7. The molecule has 0 aliphatic heterocycles. The molecule has 0 bridgehead atoms. The highest BCUT2D eigenvalue weighted by Crippen LogP contribution is 2.43. The Labute approximate surface area is 101 Å². The van der Waals surface area contributed by atoms with Gasteiger partial charge in [0.05, 0.1) is 5.92 Å². The lowest BCUT2D eigenvalue weighted by molar-refractivity contribution is -0.145. The Kier molecular flexibility index (Phi) is 4.01. The molecule has 1 saturated carbocycles. The summed E-state index contributed by atoms with van der Waals surface area (Å²) in [5, 5.41) is 11.5. The first-order chi connectivity index (χ1) is 7.75. The molecule has 3 atom stereocenters. The van der Waals surface area contributed by atoms with Crippen molar-refractivity contribution in [2.24, 2.45) is 28.3 Å². The van der Waals surface area contributed by atoms with Gasteiger partial charge in [-0.1, -0.05) is 20.8 Å². The van der Waals surface area contributed by atoms with Crippen molar-refractivity contribution in [2.45, 2.75) is 40.0 Å². The maximum Gasteiger partial charge on any atom is 0.306 e. The summed E-state index contributed by atoms with van der Waals surface area (Å²) >= 11 is 0. The predicted molar refractivity (Wildman–Crippen MR) is 62.2 cm³/mol. The van der Waals surface area contributed by atoms with Crippen LogP contribution in [0.4, 0.5) is 0 Å². The van der Waals surface area contributed by atoms with Crippen LogP contribution in [0.5, 0.6) is 0 Å². The van der Waals surface area contributed by atoms with E-state index in [1.54, 1.807) is 0 Å². The van der Waals surface area contributed by atoms with Crippen LogP contribution >= 0.6 is 0 Å². The third-order valence-electron chi connectivity index (χ3n) is 3.72. The van der Waals surface area contributed by atoms with Crippen LogP contribution in [0.3, 0.4) is 0 Å². The number of nitrogens with zero attached hydrogens (tertiary/aromatic N) is 1. The Balaban J connectivity index is 2.87. The number of hydrogen-bond donors (Lipinski definition) is 1. The van der Waals surface area contributed by atoms with Gasteiger partial charge in [-0.25, -0.2) is 0 Å². The van der Waals surface area contributed by atoms with Gasteiger partial charge in [-0.15, -0.1) is 4.91 Å². The van der Waals surface area contributed by atoms with Crippen LogP contribution in [0, 0.1) is 28.1 Å². The van der Waals surface area contributed by atoms with Crippen LogP contribution in [0.1, 0.15) is 40.0 Å². The summed E-state index contributed by atoms with van der Waals surface area (Å²) in [6.07, 6.45) is 1.38. The maximum absolute atomic E-state index is 11.3. The van der Waals surface area contributed by atoms with Crippen molar-refractivity contribution in [3.63, 3.8) is 0 Å². The lowest BCUT2D eigenvalue weighted by Gasteiger charge is -2.38. The fraction of sp³-hybridized carbons (Fsp3) is 0.833. The molecule has 0 saturated heterocycles. The lowest BCUT2D eigenvalue weighted by Crippen LogP contribution is -2.36. The first-order valence-electron chi connectivity index (χ1n) is 5.85. The maximum atomic E-state index is 11.3. The Morgan fingerprint density at radius 1 is 1.12 bits per heavy atom. The van der Waals surface area contributed by atoms with E-state index >= 15 is 0 Å². The van der Waals surface area contributed by atoms with E-state index in [4.69, 9.17) is 5.11 Å².